The van der Waals surface area contributed by atoms with Crippen molar-refractivity contribution in [2.45, 2.75) is 40.4 Å². The van der Waals surface area contributed by atoms with Crippen molar-refractivity contribution in [1.82, 2.24) is 28.7 Å². The smallest absolute Gasteiger partial charge is 0.159 e. The molecule has 15 nitrogen and oxygen atoms in total. The lowest BCUT2D eigenvalue weighted by Gasteiger charge is -2.15. The number of rotatable bonds is 19. The topological polar surface area (TPSA) is 221 Å². The minimum absolute atomic E-state index is 0. The van der Waals surface area contributed by atoms with E-state index in [2.05, 4.69) is 65.1 Å². The normalized spacial score (nSPS) is 10.6. The number of aromatic hydroxyl groups is 1. The van der Waals surface area contributed by atoms with E-state index in [1.807, 2.05) is 170 Å². The van der Waals surface area contributed by atoms with Crippen LogP contribution in [0.15, 0.2) is 309 Å². The predicted octanol–water partition coefficient (Wildman–Crippen LogP) is 22.6. The Morgan fingerprint density at radius 2 is 0.591 bits per heavy atom. The van der Waals surface area contributed by atoms with Gasteiger partial charge in [-0.1, -0.05) is 108 Å². The second-order valence-corrected chi connectivity index (χ2v) is 26.4. The maximum Gasteiger partial charge on any atom is 0.159 e. The molecule has 0 amide bonds. The number of aromatic nitrogens is 6. The zero-order valence-corrected chi connectivity index (χ0v) is 63.0. The van der Waals surface area contributed by atoms with Crippen molar-refractivity contribution in [3.8, 4) is 96.3 Å². The maximum absolute atomic E-state index is 12.2. The van der Waals surface area contributed by atoms with Gasteiger partial charge in [0.05, 0.1) is 53.8 Å². The van der Waals surface area contributed by atoms with Crippen LogP contribution in [0.3, 0.4) is 0 Å². The van der Waals surface area contributed by atoms with Crippen LogP contribution in [-0.4, -0.2) is 51.1 Å². The number of ketones is 3. The number of Topliss-reactive ketones (excluding diaryl/α,β-unsaturated/α-hetero) is 3. The average molecular weight is 1540 g/mol. The first-order chi connectivity index (χ1) is 52.8. The number of benzene rings is 9. The summed E-state index contributed by atoms with van der Waals surface area (Å²) in [5.41, 5.74) is 34.1. The van der Waals surface area contributed by atoms with E-state index in [9.17, 15) is 23.9 Å². The largest absolute Gasteiger partial charge is 0.508 e. The summed E-state index contributed by atoms with van der Waals surface area (Å²) >= 11 is 19.6. The zero-order chi connectivity index (χ0) is 76.5. The van der Waals surface area contributed by atoms with Crippen molar-refractivity contribution in [3.05, 3.63) is 364 Å². The number of pyridine rings is 3. The molecule has 0 spiro atoms. The lowest BCUT2D eigenvalue weighted by molar-refractivity contribution is 0.100. The highest BCUT2D eigenvalue weighted by atomic mass is 35.5. The van der Waals surface area contributed by atoms with Gasteiger partial charge in [-0.25, -0.2) is 19.3 Å². The zero-order valence-electron chi connectivity index (χ0n) is 59.9. The first-order valence-corrected chi connectivity index (χ1v) is 35.7. The fourth-order valence-corrected chi connectivity index (χ4v) is 12.8. The summed E-state index contributed by atoms with van der Waals surface area (Å²) < 4.78 is 30.7. The highest BCUT2D eigenvalue weighted by Gasteiger charge is 2.20. The molecule has 550 valence electrons. The summed E-state index contributed by atoms with van der Waals surface area (Å²) in [6, 6.07) is 95.4. The third-order valence-corrected chi connectivity index (χ3v) is 18.5. The first-order valence-electron chi connectivity index (χ1n) is 34.6. The molecule has 0 aliphatic rings. The molecule has 0 aliphatic carbocycles. The summed E-state index contributed by atoms with van der Waals surface area (Å²) in [6.45, 7) is 6.17. The molecular weight excluding hydrogens is 1460 g/mol. The van der Waals surface area contributed by atoms with Crippen LogP contribution in [0.2, 0.25) is 15.1 Å². The number of nitrogens with zero attached hydrogens (tertiary/aromatic N) is 6. The lowest BCUT2D eigenvalue weighted by Crippen LogP contribution is -2.06. The molecule has 0 radical (unpaired) electrons. The molecule has 110 heavy (non-hydrogen) atoms. The molecule has 0 saturated carbocycles. The molecule has 0 saturated heterocycles. The fraction of sp³-hybridized carbons (Fsp3) is 0.0667. The van der Waals surface area contributed by atoms with Crippen LogP contribution in [0.5, 0.6) is 28.7 Å². The molecule has 7 N–H and O–H groups in total. The number of nitrogens with two attached hydrogens (primary N) is 3. The number of anilines is 3. The van der Waals surface area contributed by atoms with Crippen molar-refractivity contribution >= 4 is 82.0 Å². The number of nitrogen functional groups attached to an aromatic ring is 3. The van der Waals surface area contributed by atoms with Crippen molar-refractivity contribution < 1.29 is 33.4 Å². The van der Waals surface area contributed by atoms with Crippen molar-refractivity contribution in [2.24, 2.45) is 0 Å². The van der Waals surface area contributed by atoms with Crippen molar-refractivity contribution in [2.75, 3.05) is 17.2 Å². The standard InChI is InChI=1S/2C30H24ClN3O2.C22H18ClN3O.C8H7FO.ClH/c2*1-20(35)21-9-13-24(14-10-21)36-25-15-11-22(12-16-25)28-17-18-29(26-6-2-3-7-27(26)31)34(28)19-23-5-4-8-30(32)33-23;23-19-6-2-1-5-18(19)21-13-12-20(15-8-10-17(27)11-9-15)26(21)14-16-4-3-7-22(24)25-16;1-6(10)7-2-4-8(9)5-3-7;/h2*2-18H,19H2,1H3,(H2,32,33);1-13,27H,14H2,(H2,24,25);2-5H,1H3;1H. The predicted molar refractivity (Wildman–Crippen MR) is 443 cm³/mol. The van der Waals surface area contributed by atoms with Gasteiger partial charge in [0.15, 0.2) is 17.3 Å². The van der Waals surface area contributed by atoms with Crippen LogP contribution in [0.25, 0.3) is 67.5 Å². The third kappa shape index (κ3) is 20.0. The molecule has 6 heterocycles. The van der Waals surface area contributed by atoms with Gasteiger partial charge >= 0.3 is 0 Å². The average Bonchev–Trinajstić information content (AvgIpc) is 1.64. The molecule has 0 atom stereocenters. The van der Waals surface area contributed by atoms with Crippen LogP contribution >= 0.6 is 47.2 Å². The Kier molecular flexibility index (Phi) is 26.1. The van der Waals surface area contributed by atoms with Gasteiger partial charge in [-0.2, -0.15) is 0 Å². The number of hydrogen-bond donors (Lipinski definition) is 4. The molecule has 15 rings (SSSR count). The van der Waals surface area contributed by atoms with Crippen molar-refractivity contribution in [1.29, 1.82) is 0 Å². The Balaban J connectivity index is 0.000000154. The van der Waals surface area contributed by atoms with Crippen LogP contribution in [0, 0.1) is 5.82 Å². The second-order valence-electron chi connectivity index (χ2n) is 25.2. The van der Waals surface area contributed by atoms with E-state index in [1.165, 1.54) is 31.2 Å². The molecule has 9 aromatic carbocycles. The Bertz CT molecular complexity index is 5440. The Morgan fingerprint density at radius 3 is 0.864 bits per heavy atom. The summed E-state index contributed by atoms with van der Waals surface area (Å²) in [4.78, 5) is 47.1. The summed E-state index contributed by atoms with van der Waals surface area (Å²) in [5.74, 6) is 4.15. The summed E-state index contributed by atoms with van der Waals surface area (Å²) in [6.07, 6.45) is 0. The van der Waals surface area contributed by atoms with E-state index in [-0.39, 0.29) is 41.3 Å². The molecule has 0 bridgehead atoms. The highest BCUT2D eigenvalue weighted by molar-refractivity contribution is 6.34. The van der Waals surface area contributed by atoms with Gasteiger partial charge in [0.2, 0.25) is 0 Å². The molecule has 15 aromatic rings. The van der Waals surface area contributed by atoms with Crippen LogP contribution < -0.4 is 26.7 Å². The monoisotopic (exact) mass is 1540 g/mol. The lowest BCUT2D eigenvalue weighted by atomic mass is 10.1. The van der Waals surface area contributed by atoms with E-state index < -0.39 is 0 Å². The first kappa shape index (κ1) is 78.2. The second kappa shape index (κ2) is 36.6. The van der Waals surface area contributed by atoms with Gasteiger partial charge in [-0.15, -0.1) is 12.4 Å². The van der Waals surface area contributed by atoms with Crippen LogP contribution in [0.4, 0.5) is 21.8 Å². The van der Waals surface area contributed by atoms with Gasteiger partial charge in [0.1, 0.15) is 52.0 Å². The van der Waals surface area contributed by atoms with Crippen molar-refractivity contribution in [3.63, 3.8) is 0 Å². The Morgan fingerprint density at radius 1 is 0.336 bits per heavy atom. The quantitative estimate of drug-likeness (QED) is 0.0555. The fourth-order valence-electron chi connectivity index (χ4n) is 12.1. The molecule has 6 aromatic heterocycles. The van der Waals surface area contributed by atoms with E-state index in [1.54, 1.807) is 92.7 Å². The Hall–Kier alpha value is -12.8. The van der Waals surface area contributed by atoms with Gasteiger partial charge in [-0.3, -0.25) is 14.4 Å². The van der Waals surface area contributed by atoms with Crippen LogP contribution in [0.1, 0.15) is 68.9 Å². The van der Waals surface area contributed by atoms with E-state index in [0.29, 0.717) is 91.8 Å². The number of hydrogen-bond acceptors (Lipinski definition) is 12. The number of phenols is 1. The number of ether oxygens (including phenoxy) is 2. The molecule has 0 aliphatic heterocycles. The van der Waals surface area contributed by atoms with E-state index in [4.69, 9.17) is 61.5 Å². The third-order valence-electron chi connectivity index (χ3n) is 17.5. The highest BCUT2D eigenvalue weighted by Crippen LogP contribution is 2.39. The molecule has 0 fully saturated rings. The van der Waals surface area contributed by atoms with E-state index >= 15 is 0 Å². The molecule has 20 heteroatoms. The van der Waals surface area contributed by atoms with Gasteiger partial charge in [-0.05, 0) is 274 Å². The summed E-state index contributed by atoms with van der Waals surface area (Å²) in [5, 5.41) is 11.7. The van der Waals surface area contributed by atoms with Gasteiger partial charge < -0.3 is 45.5 Å². The number of carbonyl (C=O) groups is 3. The van der Waals surface area contributed by atoms with Crippen LogP contribution in [-0.2, 0) is 19.6 Å². The van der Waals surface area contributed by atoms with Gasteiger partial charge in [0, 0.05) is 65.5 Å². The SMILES string of the molecule is CC(=O)c1ccc(F)cc1.CC(=O)c1ccc(Oc2ccc(-c3ccc(-c4ccccc4Cl)n3Cc3cccc(N)n3)cc2)cc1.CC(=O)c1ccc(Oc2ccc(-c3ccc(-c4ccccc4Cl)n3Cc3cccc(N)n3)cc2)cc1.Cl.Nc1cccc(Cn2c(-c3ccc(O)cc3)ccc2-c2ccccc2Cl)n1. The number of carbonyl (C=O) groups excluding carboxylic acids is 3. The maximum atomic E-state index is 12.2. The van der Waals surface area contributed by atoms with Gasteiger partial charge in [0.25, 0.3) is 0 Å². The van der Waals surface area contributed by atoms with E-state index in [0.717, 1.165) is 84.6 Å². The Labute approximate surface area is 657 Å². The summed E-state index contributed by atoms with van der Waals surface area (Å²) in [7, 11) is 0. The minimum Gasteiger partial charge on any atom is -0.508 e. The molecule has 0 unspecified atom stereocenters. The minimum atomic E-state index is -0.315. The molecular formula is C90H74Cl4FN9O6. The number of phenolic OH excluding ortho intramolecular Hbond substituents is 1. The number of halogens is 5.